The van der Waals surface area contributed by atoms with Gasteiger partial charge in [-0.05, 0) is 46.5 Å². The molecule has 194 valence electrons. The lowest BCUT2D eigenvalue weighted by molar-refractivity contribution is 0.669. The molecule has 2 aromatic heterocycles. The zero-order valence-corrected chi connectivity index (χ0v) is 22.2. The van der Waals surface area contributed by atoms with Crippen LogP contribution in [-0.2, 0) is 0 Å². The summed E-state index contributed by atoms with van der Waals surface area (Å²) < 4.78 is 6.33. The molecule has 7 aromatic rings. The van der Waals surface area contributed by atoms with Gasteiger partial charge in [0.15, 0.2) is 11.6 Å². The summed E-state index contributed by atoms with van der Waals surface area (Å²) in [5.41, 5.74) is 5.90. The molecule has 4 heteroatoms. The molecule has 0 amide bonds. The molecule has 0 saturated heterocycles. The van der Waals surface area contributed by atoms with Gasteiger partial charge in [0, 0.05) is 27.8 Å². The molecule has 0 spiro atoms. The number of hydrogen-bond donors (Lipinski definition) is 0. The zero-order chi connectivity index (χ0) is 27.2. The van der Waals surface area contributed by atoms with E-state index in [2.05, 4.69) is 115 Å². The predicted octanol–water partition coefficient (Wildman–Crippen LogP) is 9.52. The van der Waals surface area contributed by atoms with Crippen LogP contribution in [0, 0.1) is 0 Å². The fourth-order valence-electron chi connectivity index (χ4n) is 5.81. The van der Waals surface area contributed by atoms with Crippen molar-refractivity contribution in [2.45, 2.75) is 12.3 Å². The van der Waals surface area contributed by atoms with Crippen molar-refractivity contribution in [3.05, 3.63) is 139 Å². The molecule has 0 bridgehead atoms. The number of nitrogens with zero attached hydrogens (tertiary/aromatic N) is 3. The highest BCUT2D eigenvalue weighted by Gasteiger charge is 2.21. The first-order chi connectivity index (χ1) is 20.3. The van der Waals surface area contributed by atoms with Gasteiger partial charge in [0.05, 0.1) is 0 Å². The standard InChI is InChI=1S/C37H25N3O/c1-3-11-24(12-4-1)27-21-22-32-31(23-27)34-30(19-10-20-33(34)41-32)37-39-35(26-14-5-2-6-15-26)38-36(40-37)29-18-9-16-25-13-7-8-17-28(25)29/h1-14,16-23,26H,15H2. The van der Waals surface area contributed by atoms with Crippen LogP contribution in [0.1, 0.15) is 18.2 Å². The van der Waals surface area contributed by atoms with Crippen LogP contribution in [0.2, 0.25) is 0 Å². The highest BCUT2D eigenvalue weighted by atomic mass is 16.3. The summed E-state index contributed by atoms with van der Waals surface area (Å²) in [6, 6.07) is 37.6. The Balaban J connectivity index is 1.38. The van der Waals surface area contributed by atoms with E-state index in [4.69, 9.17) is 19.4 Å². The lowest BCUT2D eigenvalue weighted by atomic mass is 9.98. The molecule has 2 heterocycles. The normalized spacial score (nSPS) is 14.8. The van der Waals surface area contributed by atoms with Gasteiger partial charge in [-0.2, -0.15) is 0 Å². The van der Waals surface area contributed by atoms with Crippen LogP contribution < -0.4 is 0 Å². The summed E-state index contributed by atoms with van der Waals surface area (Å²) in [5, 5.41) is 4.34. The topological polar surface area (TPSA) is 51.8 Å². The Kier molecular flexibility index (Phi) is 5.56. The number of allylic oxidation sites excluding steroid dienone is 4. The summed E-state index contributed by atoms with van der Waals surface area (Å²) >= 11 is 0. The van der Waals surface area contributed by atoms with Gasteiger partial charge in [-0.3, -0.25) is 0 Å². The summed E-state index contributed by atoms with van der Waals surface area (Å²) in [6.07, 6.45) is 9.35. The first kappa shape index (κ1) is 23.5. The molecule has 1 aliphatic carbocycles. The van der Waals surface area contributed by atoms with Crippen LogP contribution in [0.25, 0.3) is 66.6 Å². The molecule has 8 rings (SSSR count). The lowest BCUT2D eigenvalue weighted by Crippen LogP contribution is -2.08. The molecule has 0 aliphatic heterocycles. The predicted molar refractivity (Wildman–Crippen MR) is 167 cm³/mol. The van der Waals surface area contributed by atoms with Gasteiger partial charge in [-0.15, -0.1) is 0 Å². The van der Waals surface area contributed by atoms with E-state index in [1.54, 1.807) is 0 Å². The smallest absolute Gasteiger partial charge is 0.164 e. The van der Waals surface area contributed by atoms with Crippen molar-refractivity contribution in [2.24, 2.45) is 0 Å². The second-order valence-corrected chi connectivity index (χ2v) is 10.4. The molecule has 1 atom stereocenters. The van der Waals surface area contributed by atoms with E-state index in [-0.39, 0.29) is 5.92 Å². The number of aromatic nitrogens is 3. The second-order valence-electron chi connectivity index (χ2n) is 10.4. The maximum atomic E-state index is 6.33. The molecule has 0 fully saturated rings. The molecule has 0 radical (unpaired) electrons. The van der Waals surface area contributed by atoms with Crippen molar-refractivity contribution < 1.29 is 4.42 Å². The maximum Gasteiger partial charge on any atom is 0.164 e. The van der Waals surface area contributed by atoms with E-state index in [0.29, 0.717) is 11.6 Å². The molecule has 41 heavy (non-hydrogen) atoms. The third-order valence-electron chi connectivity index (χ3n) is 7.84. The third-order valence-corrected chi connectivity index (χ3v) is 7.84. The average Bonchev–Trinajstić information content (AvgIpc) is 3.43. The molecule has 0 N–H and O–H groups in total. The summed E-state index contributed by atoms with van der Waals surface area (Å²) in [6.45, 7) is 0. The van der Waals surface area contributed by atoms with E-state index in [9.17, 15) is 0 Å². The van der Waals surface area contributed by atoms with Crippen LogP contribution in [-0.4, -0.2) is 15.0 Å². The minimum atomic E-state index is 0.0838. The molecule has 5 aromatic carbocycles. The summed E-state index contributed by atoms with van der Waals surface area (Å²) in [7, 11) is 0. The highest BCUT2D eigenvalue weighted by molar-refractivity contribution is 6.12. The number of benzene rings is 5. The lowest BCUT2D eigenvalue weighted by Gasteiger charge is -2.15. The molecular formula is C37H25N3O. The van der Waals surface area contributed by atoms with Crippen LogP contribution in [0.15, 0.2) is 138 Å². The van der Waals surface area contributed by atoms with Crippen molar-refractivity contribution in [3.63, 3.8) is 0 Å². The van der Waals surface area contributed by atoms with E-state index in [0.717, 1.165) is 61.6 Å². The average molecular weight is 528 g/mol. The Morgan fingerprint density at radius 2 is 1.37 bits per heavy atom. The van der Waals surface area contributed by atoms with Gasteiger partial charge >= 0.3 is 0 Å². The van der Waals surface area contributed by atoms with E-state index >= 15 is 0 Å². The Morgan fingerprint density at radius 3 is 2.24 bits per heavy atom. The SMILES string of the molecule is C1=CCC(c2nc(-c3cccc4ccccc34)nc(-c3cccc4oc5ccc(-c6ccccc6)cc5c34)n2)C=C1. The quantitative estimate of drug-likeness (QED) is 0.229. The minimum Gasteiger partial charge on any atom is -0.456 e. The van der Waals surface area contributed by atoms with Gasteiger partial charge in [0.1, 0.15) is 17.0 Å². The van der Waals surface area contributed by atoms with Gasteiger partial charge < -0.3 is 4.42 Å². The highest BCUT2D eigenvalue weighted by Crippen LogP contribution is 2.39. The summed E-state index contributed by atoms with van der Waals surface area (Å²) in [4.78, 5) is 15.3. The van der Waals surface area contributed by atoms with Crippen LogP contribution in [0.3, 0.4) is 0 Å². The Labute approximate surface area is 237 Å². The maximum absolute atomic E-state index is 6.33. The van der Waals surface area contributed by atoms with Gasteiger partial charge in [0.25, 0.3) is 0 Å². The van der Waals surface area contributed by atoms with E-state index in [1.165, 1.54) is 5.56 Å². The molecular weight excluding hydrogens is 502 g/mol. The third kappa shape index (κ3) is 4.12. The first-order valence-electron chi connectivity index (χ1n) is 13.9. The van der Waals surface area contributed by atoms with Crippen molar-refractivity contribution >= 4 is 32.7 Å². The Hall–Kier alpha value is -5.35. The minimum absolute atomic E-state index is 0.0838. The largest absolute Gasteiger partial charge is 0.456 e. The number of fused-ring (bicyclic) bond motifs is 4. The van der Waals surface area contributed by atoms with Gasteiger partial charge in [-0.1, -0.05) is 115 Å². The van der Waals surface area contributed by atoms with E-state index in [1.807, 2.05) is 18.2 Å². The van der Waals surface area contributed by atoms with Crippen LogP contribution in [0.4, 0.5) is 0 Å². The summed E-state index contributed by atoms with van der Waals surface area (Å²) in [5.74, 6) is 2.19. The van der Waals surface area contributed by atoms with Crippen LogP contribution >= 0.6 is 0 Å². The number of rotatable bonds is 4. The molecule has 1 aliphatic rings. The van der Waals surface area contributed by atoms with Crippen molar-refractivity contribution in [2.75, 3.05) is 0 Å². The fourth-order valence-corrected chi connectivity index (χ4v) is 5.81. The molecule has 4 nitrogen and oxygen atoms in total. The fraction of sp³-hybridized carbons (Fsp3) is 0.0541. The zero-order valence-electron chi connectivity index (χ0n) is 22.2. The van der Waals surface area contributed by atoms with Gasteiger partial charge in [0.2, 0.25) is 0 Å². The van der Waals surface area contributed by atoms with Gasteiger partial charge in [-0.25, -0.2) is 15.0 Å². The van der Waals surface area contributed by atoms with Crippen molar-refractivity contribution in [1.29, 1.82) is 0 Å². The Bertz CT molecular complexity index is 2130. The molecule has 0 saturated carbocycles. The number of furan rings is 1. The number of hydrogen-bond acceptors (Lipinski definition) is 4. The van der Waals surface area contributed by atoms with Crippen LogP contribution in [0.5, 0.6) is 0 Å². The van der Waals surface area contributed by atoms with Crippen molar-refractivity contribution in [1.82, 2.24) is 15.0 Å². The van der Waals surface area contributed by atoms with E-state index < -0.39 is 0 Å². The second kappa shape index (κ2) is 9.68. The monoisotopic (exact) mass is 527 g/mol. The molecule has 1 unspecified atom stereocenters. The Morgan fingerprint density at radius 1 is 0.585 bits per heavy atom. The van der Waals surface area contributed by atoms with Crippen molar-refractivity contribution in [3.8, 4) is 33.9 Å². The first-order valence-corrected chi connectivity index (χ1v) is 13.9.